The molecule has 0 aliphatic carbocycles. The van der Waals surface area contributed by atoms with E-state index in [1.807, 2.05) is 11.9 Å². The Bertz CT molecular complexity index is 624. The van der Waals surface area contributed by atoms with Gasteiger partial charge in [0.15, 0.2) is 10.9 Å². The van der Waals surface area contributed by atoms with Gasteiger partial charge in [0.2, 0.25) is 0 Å². The largest absolute Gasteiger partial charge is 0.481 e. The summed E-state index contributed by atoms with van der Waals surface area (Å²) in [7, 11) is 1.90. The van der Waals surface area contributed by atoms with Crippen LogP contribution < -0.4 is 0 Å². The van der Waals surface area contributed by atoms with E-state index in [0.717, 1.165) is 0 Å². The number of carboxylic acid groups (broad SMARTS) is 1. The maximum Gasteiger partial charge on any atom is 0.304 e. The first-order valence-electron chi connectivity index (χ1n) is 6.78. The van der Waals surface area contributed by atoms with Gasteiger partial charge in [-0.3, -0.25) is 9.69 Å². The molecule has 0 radical (unpaired) electrons. The summed E-state index contributed by atoms with van der Waals surface area (Å²) in [6.07, 6.45) is -0.150. The summed E-state index contributed by atoms with van der Waals surface area (Å²) in [5.74, 6) is -0.946. The first-order chi connectivity index (χ1) is 10.4. The second-order valence-electron chi connectivity index (χ2n) is 5.45. The number of carboxylic acids is 1. The molecular formula is C14H16ClN3O3S. The van der Waals surface area contributed by atoms with E-state index in [1.54, 1.807) is 29.2 Å². The number of hydrogen-bond acceptors (Lipinski definition) is 6. The molecule has 8 heteroatoms. The summed E-state index contributed by atoms with van der Waals surface area (Å²) < 4.78 is 0. The molecule has 2 unspecified atom stereocenters. The minimum atomic E-state index is -1.42. The molecule has 0 amide bonds. The first-order valence-corrected chi connectivity index (χ1v) is 8.04. The molecule has 2 heterocycles. The van der Waals surface area contributed by atoms with Crippen molar-refractivity contribution in [2.24, 2.45) is 4.99 Å². The Balaban J connectivity index is 2.05. The Labute approximate surface area is 137 Å². The van der Waals surface area contributed by atoms with Crippen LogP contribution in [-0.4, -0.2) is 56.8 Å². The van der Waals surface area contributed by atoms with Gasteiger partial charge < -0.3 is 15.1 Å². The number of fused-ring (bicyclic) bond motifs is 1. The van der Waals surface area contributed by atoms with E-state index in [-0.39, 0.29) is 6.42 Å². The lowest BCUT2D eigenvalue weighted by Crippen LogP contribution is -2.54. The third-order valence-electron chi connectivity index (χ3n) is 3.80. The molecule has 0 aromatic heterocycles. The van der Waals surface area contributed by atoms with Crippen LogP contribution in [0.5, 0.6) is 0 Å². The number of aliphatic hydroxyl groups is 1. The molecule has 3 rings (SSSR count). The summed E-state index contributed by atoms with van der Waals surface area (Å²) in [5.41, 5.74) is -0.794. The van der Waals surface area contributed by atoms with E-state index in [9.17, 15) is 9.90 Å². The van der Waals surface area contributed by atoms with E-state index >= 15 is 0 Å². The Morgan fingerprint density at radius 2 is 2.18 bits per heavy atom. The maximum atomic E-state index is 11.4. The van der Waals surface area contributed by atoms with Crippen molar-refractivity contribution in [3.05, 3.63) is 34.9 Å². The van der Waals surface area contributed by atoms with E-state index in [4.69, 9.17) is 16.7 Å². The molecule has 0 spiro atoms. The highest BCUT2D eigenvalue weighted by Crippen LogP contribution is 2.47. The zero-order valence-corrected chi connectivity index (χ0v) is 13.5. The smallest absolute Gasteiger partial charge is 0.304 e. The van der Waals surface area contributed by atoms with Crippen LogP contribution in [0.2, 0.25) is 5.02 Å². The van der Waals surface area contributed by atoms with Crippen molar-refractivity contribution in [2.45, 2.75) is 17.4 Å². The zero-order chi connectivity index (χ0) is 15.9. The SMILES string of the molecule is CN1CN=C2SC(CC(=O)O)C(O)(c3ccc(Cl)cc3)N2C1. The topological polar surface area (TPSA) is 76.4 Å². The van der Waals surface area contributed by atoms with Crippen LogP contribution in [-0.2, 0) is 10.5 Å². The van der Waals surface area contributed by atoms with Crippen LogP contribution in [0, 0.1) is 0 Å². The van der Waals surface area contributed by atoms with Gasteiger partial charge in [0.05, 0.1) is 25.0 Å². The fourth-order valence-corrected chi connectivity index (χ4v) is 4.22. The summed E-state index contributed by atoms with van der Waals surface area (Å²) >= 11 is 7.23. The summed E-state index contributed by atoms with van der Waals surface area (Å²) in [4.78, 5) is 19.3. The number of hydrogen-bond donors (Lipinski definition) is 2. The van der Waals surface area contributed by atoms with Gasteiger partial charge in [-0.15, -0.1) is 0 Å². The second kappa shape index (κ2) is 5.73. The van der Waals surface area contributed by atoms with Crippen LogP contribution in [0.1, 0.15) is 12.0 Å². The van der Waals surface area contributed by atoms with Gasteiger partial charge in [0.25, 0.3) is 0 Å². The molecule has 2 aliphatic rings. The highest BCUT2D eigenvalue weighted by atomic mass is 35.5. The van der Waals surface area contributed by atoms with Crippen molar-refractivity contribution in [1.29, 1.82) is 0 Å². The van der Waals surface area contributed by atoms with Gasteiger partial charge in [0, 0.05) is 10.6 Å². The Kier molecular flexibility index (Phi) is 4.07. The monoisotopic (exact) mass is 341 g/mol. The molecule has 1 fully saturated rings. The van der Waals surface area contributed by atoms with Gasteiger partial charge in [-0.25, -0.2) is 4.99 Å². The van der Waals surface area contributed by atoms with Crippen LogP contribution in [0.4, 0.5) is 0 Å². The summed E-state index contributed by atoms with van der Waals surface area (Å²) in [6, 6.07) is 6.85. The number of aliphatic imine (C=N–C) groups is 1. The lowest BCUT2D eigenvalue weighted by atomic mass is 9.95. The normalized spacial score (nSPS) is 28.4. The number of thioether (sulfide) groups is 1. The minimum Gasteiger partial charge on any atom is -0.481 e. The average Bonchev–Trinajstić information content (AvgIpc) is 2.73. The van der Waals surface area contributed by atoms with Crippen molar-refractivity contribution < 1.29 is 15.0 Å². The molecule has 1 saturated heterocycles. The number of carbonyl (C=O) groups is 1. The molecule has 2 N–H and O–H groups in total. The minimum absolute atomic E-state index is 0.150. The number of amidine groups is 1. The van der Waals surface area contributed by atoms with Gasteiger partial charge >= 0.3 is 5.97 Å². The van der Waals surface area contributed by atoms with Crippen molar-refractivity contribution in [3.63, 3.8) is 0 Å². The quantitative estimate of drug-likeness (QED) is 0.869. The predicted octanol–water partition coefficient (Wildman–Crippen LogP) is 1.59. The van der Waals surface area contributed by atoms with Crippen molar-refractivity contribution >= 4 is 34.5 Å². The number of benzene rings is 1. The van der Waals surface area contributed by atoms with Gasteiger partial charge in [0.1, 0.15) is 0 Å². The second-order valence-corrected chi connectivity index (χ2v) is 7.05. The third-order valence-corrected chi connectivity index (χ3v) is 5.39. The van der Waals surface area contributed by atoms with Crippen molar-refractivity contribution in [2.75, 3.05) is 20.4 Å². The first kappa shape index (κ1) is 15.6. The van der Waals surface area contributed by atoms with E-state index in [2.05, 4.69) is 4.99 Å². The van der Waals surface area contributed by atoms with E-state index < -0.39 is 16.9 Å². The van der Waals surface area contributed by atoms with E-state index in [0.29, 0.717) is 29.1 Å². The summed E-state index contributed by atoms with van der Waals surface area (Å²) in [5, 5.41) is 21.3. The molecule has 2 aliphatic heterocycles. The average molecular weight is 342 g/mol. The lowest BCUT2D eigenvalue weighted by Gasteiger charge is -2.41. The Hall–Kier alpha value is -1.28. The van der Waals surface area contributed by atoms with Crippen LogP contribution in [0.25, 0.3) is 0 Å². The molecule has 118 valence electrons. The van der Waals surface area contributed by atoms with Gasteiger partial charge in [-0.1, -0.05) is 35.5 Å². The zero-order valence-electron chi connectivity index (χ0n) is 11.9. The molecule has 6 nitrogen and oxygen atoms in total. The van der Waals surface area contributed by atoms with Crippen LogP contribution in [0.15, 0.2) is 29.3 Å². The maximum absolute atomic E-state index is 11.4. The van der Waals surface area contributed by atoms with Crippen LogP contribution in [0.3, 0.4) is 0 Å². The van der Waals surface area contributed by atoms with Gasteiger partial charge in [-0.05, 0) is 19.2 Å². The molecule has 0 bridgehead atoms. The predicted molar refractivity (Wildman–Crippen MR) is 85.8 cm³/mol. The molecule has 2 atom stereocenters. The van der Waals surface area contributed by atoms with Crippen molar-refractivity contribution in [1.82, 2.24) is 9.80 Å². The Morgan fingerprint density at radius 3 is 2.82 bits per heavy atom. The van der Waals surface area contributed by atoms with Gasteiger partial charge in [-0.2, -0.15) is 0 Å². The third kappa shape index (κ3) is 2.58. The number of rotatable bonds is 3. The molecule has 1 aromatic rings. The molecule has 22 heavy (non-hydrogen) atoms. The summed E-state index contributed by atoms with van der Waals surface area (Å²) in [6.45, 7) is 1.02. The Morgan fingerprint density at radius 1 is 1.50 bits per heavy atom. The van der Waals surface area contributed by atoms with E-state index in [1.165, 1.54) is 11.8 Å². The molecule has 1 aromatic carbocycles. The molecule has 0 saturated carbocycles. The van der Waals surface area contributed by atoms with Crippen molar-refractivity contribution in [3.8, 4) is 0 Å². The fourth-order valence-electron chi connectivity index (χ4n) is 2.73. The van der Waals surface area contributed by atoms with Crippen LogP contribution >= 0.6 is 23.4 Å². The highest BCUT2D eigenvalue weighted by molar-refractivity contribution is 8.14. The fraction of sp³-hybridized carbons (Fsp3) is 0.429. The highest BCUT2D eigenvalue weighted by Gasteiger charge is 2.54. The number of nitrogens with zero attached hydrogens (tertiary/aromatic N) is 3. The number of aliphatic carboxylic acids is 1. The standard InChI is InChI=1S/C14H16ClN3O3S/c1-17-7-16-13-18(8-17)14(21,11(22-13)6-12(19)20)9-2-4-10(15)5-3-9/h2-5,11,21H,6-8H2,1H3,(H,19,20). The molecular weight excluding hydrogens is 326 g/mol. The number of halogens is 1. The lowest BCUT2D eigenvalue weighted by molar-refractivity contribution is -0.141.